The Kier molecular flexibility index (Phi) is 5.42. The first kappa shape index (κ1) is 15.7. The molecule has 3 N–H and O–H groups in total. The quantitative estimate of drug-likeness (QED) is 0.858. The Balaban J connectivity index is 1.44. The van der Waals surface area contributed by atoms with Gasteiger partial charge >= 0.3 is 0 Å². The molecule has 5 nitrogen and oxygen atoms in total. The van der Waals surface area contributed by atoms with Gasteiger partial charge in [-0.25, -0.2) is 9.97 Å². The summed E-state index contributed by atoms with van der Waals surface area (Å²) in [5.74, 6) is 1.34. The SMILES string of the molecule is Nc1cc(N[C@@H]2CCCN(CCCc3ccccc3)C2)ncn1. The van der Waals surface area contributed by atoms with Crippen LogP contribution in [0.3, 0.4) is 0 Å². The van der Waals surface area contributed by atoms with Crippen LogP contribution >= 0.6 is 0 Å². The monoisotopic (exact) mass is 311 g/mol. The maximum absolute atomic E-state index is 5.71. The van der Waals surface area contributed by atoms with E-state index in [-0.39, 0.29) is 0 Å². The van der Waals surface area contributed by atoms with Crippen molar-refractivity contribution >= 4 is 11.6 Å². The first-order chi connectivity index (χ1) is 11.3. The van der Waals surface area contributed by atoms with Gasteiger partial charge in [0.15, 0.2) is 0 Å². The molecule has 2 aromatic rings. The van der Waals surface area contributed by atoms with Crippen molar-refractivity contribution in [2.45, 2.75) is 31.7 Å². The van der Waals surface area contributed by atoms with Gasteiger partial charge in [-0.2, -0.15) is 0 Å². The topological polar surface area (TPSA) is 67.1 Å². The smallest absolute Gasteiger partial charge is 0.131 e. The summed E-state index contributed by atoms with van der Waals surface area (Å²) in [4.78, 5) is 10.7. The first-order valence-electron chi connectivity index (χ1n) is 8.40. The van der Waals surface area contributed by atoms with Crippen molar-refractivity contribution in [3.8, 4) is 0 Å². The Morgan fingerprint density at radius 2 is 2.09 bits per heavy atom. The zero-order valence-electron chi connectivity index (χ0n) is 13.5. The summed E-state index contributed by atoms with van der Waals surface area (Å²) >= 11 is 0. The molecule has 1 aliphatic heterocycles. The zero-order chi connectivity index (χ0) is 15.9. The number of benzene rings is 1. The molecule has 0 spiro atoms. The van der Waals surface area contributed by atoms with Crippen LogP contribution in [0.1, 0.15) is 24.8 Å². The molecule has 1 aromatic carbocycles. The number of piperidine rings is 1. The highest BCUT2D eigenvalue weighted by Gasteiger charge is 2.19. The van der Waals surface area contributed by atoms with Crippen LogP contribution in [0.5, 0.6) is 0 Å². The van der Waals surface area contributed by atoms with Gasteiger partial charge in [0.05, 0.1) is 0 Å². The van der Waals surface area contributed by atoms with Crippen LogP contribution in [0.15, 0.2) is 42.7 Å². The van der Waals surface area contributed by atoms with Crippen molar-refractivity contribution in [1.29, 1.82) is 0 Å². The van der Waals surface area contributed by atoms with Gasteiger partial charge in [-0.1, -0.05) is 30.3 Å². The molecule has 122 valence electrons. The van der Waals surface area contributed by atoms with E-state index in [1.165, 1.54) is 37.7 Å². The summed E-state index contributed by atoms with van der Waals surface area (Å²) in [5.41, 5.74) is 7.14. The van der Waals surface area contributed by atoms with Crippen molar-refractivity contribution in [2.24, 2.45) is 0 Å². The second-order valence-electron chi connectivity index (χ2n) is 6.20. The molecule has 2 heterocycles. The van der Waals surface area contributed by atoms with E-state index in [0.717, 1.165) is 25.3 Å². The standard InChI is InChI=1S/C18H25N5/c19-17-12-18(21-14-20-17)22-16-9-5-11-23(13-16)10-4-8-15-6-2-1-3-7-15/h1-3,6-7,12,14,16H,4-5,8-11,13H2,(H3,19,20,21,22)/t16-/m1/s1. The number of rotatable bonds is 6. The van der Waals surface area contributed by atoms with E-state index in [4.69, 9.17) is 5.73 Å². The minimum atomic E-state index is 0.440. The van der Waals surface area contributed by atoms with E-state index in [1.54, 1.807) is 6.07 Å². The summed E-state index contributed by atoms with van der Waals surface area (Å²) in [6.07, 6.45) is 6.27. The predicted octanol–water partition coefficient (Wildman–Crippen LogP) is 2.57. The Bertz CT molecular complexity index is 601. The number of anilines is 2. The van der Waals surface area contributed by atoms with Crippen molar-refractivity contribution in [3.63, 3.8) is 0 Å². The molecule has 1 fully saturated rings. The van der Waals surface area contributed by atoms with Crippen molar-refractivity contribution < 1.29 is 0 Å². The van der Waals surface area contributed by atoms with Crippen LogP contribution in [0, 0.1) is 0 Å². The third kappa shape index (κ3) is 4.93. The summed E-state index contributed by atoms with van der Waals surface area (Å²) in [6, 6.07) is 13.0. The number of aromatic nitrogens is 2. The van der Waals surface area contributed by atoms with Gasteiger partial charge in [-0.15, -0.1) is 0 Å². The maximum atomic E-state index is 5.71. The largest absolute Gasteiger partial charge is 0.384 e. The molecule has 23 heavy (non-hydrogen) atoms. The number of nitrogens with two attached hydrogens (primary N) is 1. The Morgan fingerprint density at radius 3 is 2.91 bits per heavy atom. The summed E-state index contributed by atoms with van der Waals surface area (Å²) < 4.78 is 0. The molecule has 0 radical (unpaired) electrons. The Labute approximate surface area is 137 Å². The molecule has 1 aliphatic rings. The first-order valence-corrected chi connectivity index (χ1v) is 8.40. The van der Waals surface area contributed by atoms with Gasteiger partial charge in [0, 0.05) is 18.7 Å². The summed E-state index contributed by atoms with van der Waals surface area (Å²) in [7, 11) is 0. The third-order valence-electron chi connectivity index (χ3n) is 4.33. The number of hydrogen-bond donors (Lipinski definition) is 2. The summed E-state index contributed by atoms with van der Waals surface area (Å²) in [5, 5.41) is 3.49. The van der Waals surface area contributed by atoms with Crippen LogP contribution in [0.25, 0.3) is 0 Å². The molecule has 1 atom stereocenters. The Hall–Kier alpha value is -2.14. The lowest BCUT2D eigenvalue weighted by atomic mass is 10.0. The molecule has 1 aromatic heterocycles. The highest BCUT2D eigenvalue weighted by atomic mass is 15.2. The molecule has 0 aliphatic carbocycles. The third-order valence-corrected chi connectivity index (χ3v) is 4.33. The highest BCUT2D eigenvalue weighted by Crippen LogP contribution is 2.16. The number of nitrogens with one attached hydrogen (secondary N) is 1. The van der Waals surface area contributed by atoms with Gasteiger partial charge in [0.25, 0.3) is 0 Å². The normalized spacial score (nSPS) is 18.7. The lowest BCUT2D eigenvalue weighted by Gasteiger charge is -2.33. The average Bonchev–Trinajstić information content (AvgIpc) is 2.56. The fourth-order valence-electron chi connectivity index (χ4n) is 3.19. The van der Waals surface area contributed by atoms with E-state index in [2.05, 4.69) is 50.5 Å². The molecule has 0 amide bonds. The van der Waals surface area contributed by atoms with Gasteiger partial charge in [-0.3, -0.25) is 0 Å². The lowest BCUT2D eigenvalue weighted by Crippen LogP contribution is -2.42. The second-order valence-corrected chi connectivity index (χ2v) is 6.20. The van der Waals surface area contributed by atoms with Crippen molar-refractivity contribution in [2.75, 3.05) is 30.7 Å². The van der Waals surface area contributed by atoms with Gasteiger partial charge < -0.3 is 16.0 Å². The van der Waals surface area contributed by atoms with Gasteiger partial charge in [0.2, 0.25) is 0 Å². The molecule has 5 heteroatoms. The second kappa shape index (κ2) is 7.92. The van der Waals surface area contributed by atoms with E-state index in [9.17, 15) is 0 Å². The van der Waals surface area contributed by atoms with Crippen molar-refractivity contribution in [3.05, 3.63) is 48.3 Å². The van der Waals surface area contributed by atoms with Crippen LogP contribution in [-0.4, -0.2) is 40.5 Å². The fraction of sp³-hybridized carbons (Fsp3) is 0.444. The Morgan fingerprint density at radius 1 is 1.22 bits per heavy atom. The number of aryl methyl sites for hydroxylation is 1. The average molecular weight is 311 g/mol. The fourth-order valence-corrected chi connectivity index (χ4v) is 3.19. The van der Waals surface area contributed by atoms with Crippen LogP contribution in [0.2, 0.25) is 0 Å². The van der Waals surface area contributed by atoms with E-state index in [0.29, 0.717) is 11.9 Å². The number of nitrogen functional groups attached to an aromatic ring is 1. The van der Waals surface area contributed by atoms with Crippen molar-refractivity contribution in [1.82, 2.24) is 14.9 Å². The summed E-state index contributed by atoms with van der Waals surface area (Å²) in [6.45, 7) is 3.41. The van der Waals surface area contributed by atoms with Crippen LogP contribution < -0.4 is 11.1 Å². The number of likely N-dealkylation sites (tertiary alicyclic amines) is 1. The van der Waals surface area contributed by atoms with E-state index in [1.807, 2.05) is 0 Å². The number of hydrogen-bond acceptors (Lipinski definition) is 5. The molecule has 0 bridgehead atoms. The van der Waals surface area contributed by atoms with E-state index >= 15 is 0 Å². The van der Waals surface area contributed by atoms with E-state index < -0.39 is 0 Å². The highest BCUT2D eigenvalue weighted by molar-refractivity contribution is 5.44. The molecular weight excluding hydrogens is 286 g/mol. The molecule has 0 saturated carbocycles. The van der Waals surface area contributed by atoms with Crippen LogP contribution in [-0.2, 0) is 6.42 Å². The molecule has 3 rings (SSSR count). The van der Waals surface area contributed by atoms with Gasteiger partial charge in [0.1, 0.15) is 18.0 Å². The maximum Gasteiger partial charge on any atom is 0.131 e. The number of nitrogens with zero attached hydrogens (tertiary/aromatic N) is 3. The predicted molar refractivity (Wildman–Crippen MR) is 94.3 cm³/mol. The zero-order valence-corrected chi connectivity index (χ0v) is 13.5. The molecule has 1 saturated heterocycles. The minimum absolute atomic E-state index is 0.440. The van der Waals surface area contributed by atoms with Crippen LogP contribution in [0.4, 0.5) is 11.6 Å². The molecular formula is C18H25N5. The minimum Gasteiger partial charge on any atom is -0.384 e. The van der Waals surface area contributed by atoms with Gasteiger partial charge in [-0.05, 0) is 44.3 Å². The molecule has 0 unspecified atom stereocenters. The lowest BCUT2D eigenvalue weighted by molar-refractivity contribution is 0.214.